The van der Waals surface area contributed by atoms with Crippen LogP contribution in [0.2, 0.25) is 0 Å². The highest BCUT2D eigenvalue weighted by Gasteiger charge is 2.25. The van der Waals surface area contributed by atoms with Crippen LogP contribution >= 0.6 is 0 Å². The number of rotatable bonds is 9. The number of aromatic nitrogens is 2. The van der Waals surface area contributed by atoms with Gasteiger partial charge in [-0.25, -0.2) is 9.97 Å². The fourth-order valence-electron chi connectivity index (χ4n) is 4.72. The number of hydrogen-bond acceptors (Lipinski definition) is 8. The lowest BCUT2D eigenvalue weighted by atomic mass is 9.94. The number of anilines is 2. The Morgan fingerprint density at radius 1 is 1.20 bits per heavy atom. The lowest BCUT2D eigenvalue weighted by Crippen LogP contribution is -2.49. The number of carbonyl (C=O) groups excluding carboxylic acids is 1. The monoisotopic (exact) mass is 482 g/mol. The van der Waals surface area contributed by atoms with Gasteiger partial charge in [0, 0.05) is 51.4 Å². The number of aliphatic hydroxyl groups excluding tert-OH is 1. The van der Waals surface area contributed by atoms with E-state index in [1.807, 2.05) is 42.3 Å². The Labute approximate surface area is 208 Å². The van der Waals surface area contributed by atoms with Crippen LogP contribution in [0.1, 0.15) is 32.1 Å². The van der Waals surface area contributed by atoms with E-state index in [-0.39, 0.29) is 12.5 Å². The van der Waals surface area contributed by atoms with Gasteiger partial charge < -0.3 is 29.9 Å². The summed E-state index contributed by atoms with van der Waals surface area (Å²) in [6.45, 7) is 2.38. The van der Waals surface area contributed by atoms with Crippen LogP contribution in [0.5, 0.6) is 5.75 Å². The molecule has 9 heteroatoms. The van der Waals surface area contributed by atoms with E-state index < -0.39 is 6.10 Å². The van der Waals surface area contributed by atoms with E-state index in [9.17, 15) is 9.90 Å². The van der Waals surface area contributed by atoms with Gasteiger partial charge in [-0.15, -0.1) is 0 Å². The molecule has 0 spiro atoms. The topological polar surface area (TPSA) is 94.1 Å². The van der Waals surface area contributed by atoms with Crippen LogP contribution < -0.4 is 19.9 Å². The van der Waals surface area contributed by atoms with Crippen molar-refractivity contribution >= 4 is 17.5 Å². The molecule has 2 aromatic rings. The average Bonchev–Trinajstić information content (AvgIpc) is 2.89. The van der Waals surface area contributed by atoms with Crippen molar-refractivity contribution in [2.75, 3.05) is 63.7 Å². The minimum absolute atomic E-state index is 0.0918. The van der Waals surface area contributed by atoms with Crippen LogP contribution in [-0.4, -0.2) is 92.0 Å². The van der Waals surface area contributed by atoms with Crippen molar-refractivity contribution in [2.45, 2.75) is 44.2 Å². The third kappa shape index (κ3) is 6.41. The maximum Gasteiger partial charge on any atom is 0.241 e. The minimum atomic E-state index is -0.589. The molecule has 1 saturated carbocycles. The molecule has 1 aliphatic carbocycles. The van der Waals surface area contributed by atoms with Gasteiger partial charge in [0.05, 0.1) is 6.54 Å². The SMILES string of the molecule is CNCC(O)COc1cccc(-c2nc(N3CCN(C)C(=O)C3)cc(N(C)C3CCCCC3)n2)c1. The van der Waals surface area contributed by atoms with Gasteiger partial charge in [-0.1, -0.05) is 31.4 Å². The predicted octanol–water partition coefficient (Wildman–Crippen LogP) is 2.15. The summed E-state index contributed by atoms with van der Waals surface area (Å²) >= 11 is 0. The van der Waals surface area contributed by atoms with E-state index in [2.05, 4.69) is 17.3 Å². The molecule has 1 unspecified atom stereocenters. The molecule has 2 aliphatic rings. The average molecular weight is 483 g/mol. The zero-order valence-electron chi connectivity index (χ0n) is 21.1. The second-order valence-electron chi connectivity index (χ2n) is 9.60. The largest absolute Gasteiger partial charge is 0.491 e. The first kappa shape index (κ1) is 25.2. The van der Waals surface area contributed by atoms with Gasteiger partial charge in [-0.3, -0.25) is 4.79 Å². The van der Waals surface area contributed by atoms with Gasteiger partial charge in [-0.2, -0.15) is 0 Å². The van der Waals surface area contributed by atoms with Crippen molar-refractivity contribution < 1.29 is 14.6 Å². The number of amides is 1. The van der Waals surface area contributed by atoms with Gasteiger partial charge in [-0.05, 0) is 32.0 Å². The normalized spacial score (nSPS) is 18.0. The fourth-order valence-corrected chi connectivity index (χ4v) is 4.72. The van der Waals surface area contributed by atoms with Crippen molar-refractivity contribution in [3.05, 3.63) is 30.3 Å². The van der Waals surface area contributed by atoms with Crippen LogP contribution in [0.3, 0.4) is 0 Å². The number of nitrogens with one attached hydrogen (secondary N) is 1. The molecule has 190 valence electrons. The fraction of sp³-hybridized carbons (Fsp3) is 0.577. The number of ether oxygens (including phenoxy) is 1. The first-order valence-corrected chi connectivity index (χ1v) is 12.6. The summed E-state index contributed by atoms with van der Waals surface area (Å²) in [5.74, 6) is 2.99. The molecule has 0 bridgehead atoms. The van der Waals surface area contributed by atoms with Crippen LogP contribution in [0, 0.1) is 0 Å². The Balaban J connectivity index is 1.64. The van der Waals surface area contributed by atoms with E-state index in [1.165, 1.54) is 19.3 Å². The van der Waals surface area contributed by atoms with Crippen molar-refractivity contribution in [3.8, 4) is 17.1 Å². The van der Waals surface area contributed by atoms with Crippen molar-refractivity contribution in [1.29, 1.82) is 0 Å². The molecule has 1 aliphatic heterocycles. The van der Waals surface area contributed by atoms with Gasteiger partial charge in [0.2, 0.25) is 5.91 Å². The Hall–Kier alpha value is -2.91. The summed E-state index contributed by atoms with van der Waals surface area (Å²) in [6, 6.07) is 10.1. The molecule has 4 rings (SSSR count). The smallest absolute Gasteiger partial charge is 0.241 e. The molecule has 1 atom stereocenters. The van der Waals surface area contributed by atoms with E-state index >= 15 is 0 Å². The van der Waals surface area contributed by atoms with Crippen molar-refractivity contribution in [1.82, 2.24) is 20.2 Å². The Morgan fingerprint density at radius 3 is 2.74 bits per heavy atom. The summed E-state index contributed by atoms with van der Waals surface area (Å²) in [7, 11) is 5.75. The summed E-state index contributed by atoms with van der Waals surface area (Å²) in [6.07, 6.45) is 5.52. The molecule has 0 radical (unpaired) electrons. The quantitative estimate of drug-likeness (QED) is 0.562. The molecular formula is C26H38N6O3. The zero-order chi connectivity index (χ0) is 24.8. The second kappa shape index (κ2) is 11.7. The molecule has 1 saturated heterocycles. The Kier molecular flexibility index (Phi) is 8.41. The van der Waals surface area contributed by atoms with Gasteiger partial charge >= 0.3 is 0 Å². The number of hydrogen-bond donors (Lipinski definition) is 2. The molecule has 2 fully saturated rings. The number of likely N-dealkylation sites (N-methyl/N-ethyl adjacent to an activating group) is 2. The predicted molar refractivity (Wildman–Crippen MR) is 138 cm³/mol. The van der Waals surface area contributed by atoms with Crippen LogP contribution in [0.4, 0.5) is 11.6 Å². The van der Waals surface area contributed by atoms with E-state index in [0.29, 0.717) is 37.3 Å². The zero-order valence-corrected chi connectivity index (χ0v) is 21.1. The van der Waals surface area contributed by atoms with Gasteiger partial charge in [0.1, 0.15) is 30.1 Å². The summed E-state index contributed by atoms with van der Waals surface area (Å²) < 4.78 is 5.81. The lowest BCUT2D eigenvalue weighted by molar-refractivity contribution is -0.129. The van der Waals surface area contributed by atoms with Crippen LogP contribution in [0.15, 0.2) is 30.3 Å². The van der Waals surface area contributed by atoms with Crippen molar-refractivity contribution in [2.24, 2.45) is 0 Å². The number of nitrogens with zero attached hydrogens (tertiary/aromatic N) is 5. The highest BCUT2D eigenvalue weighted by molar-refractivity contribution is 5.82. The maximum atomic E-state index is 12.4. The number of aliphatic hydroxyl groups is 1. The Morgan fingerprint density at radius 2 is 2.00 bits per heavy atom. The van der Waals surface area contributed by atoms with E-state index in [0.717, 1.165) is 36.6 Å². The first-order chi connectivity index (χ1) is 16.9. The molecule has 1 aromatic heterocycles. The van der Waals surface area contributed by atoms with E-state index in [4.69, 9.17) is 14.7 Å². The highest BCUT2D eigenvalue weighted by atomic mass is 16.5. The van der Waals surface area contributed by atoms with Gasteiger partial charge in [0.25, 0.3) is 0 Å². The molecular weight excluding hydrogens is 444 g/mol. The maximum absolute atomic E-state index is 12.4. The van der Waals surface area contributed by atoms with Crippen LogP contribution in [0.25, 0.3) is 11.4 Å². The van der Waals surface area contributed by atoms with E-state index in [1.54, 1.807) is 11.9 Å². The minimum Gasteiger partial charge on any atom is -0.491 e. The highest BCUT2D eigenvalue weighted by Crippen LogP contribution is 2.30. The molecule has 9 nitrogen and oxygen atoms in total. The lowest BCUT2D eigenvalue weighted by Gasteiger charge is -2.35. The third-order valence-electron chi connectivity index (χ3n) is 6.94. The molecule has 2 N–H and O–H groups in total. The van der Waals surface area contributed by atoms with Gasteiger partial charge in [0.15, 0.2) is 5.82 Å². The number of carbonyl (C=O) groups is 1. The van der Waals surface area contributed by atoms with Crippen molar-refractivity contribution in [3.63, 3.8) is 0 Å². The second-order valence-corrected chi connectivity index (χ2v) is 9.60. The number of benzene rings is 1. The molecule has 35 heavy (non-hydrogen) atoms. The number of piperazine rings is 1. The summed E-state index contributed by atoms with van der Waals surface area (Å²) in [5.41, 5.74) is 0.839. The standard InChI is InChI=1S/C26H38N6O3/c1-27-16-21(33)18-35-22-11-7-8-19(14-22)26-28-23(31(3)20-9-5-4-6-10-20)15-24(29-26)32-13-12-30(2)25(34)17-32/h7-8,11,14-15,20-21,27,33H,4-6,9-10,12-13,16-18H2,1-3H3. The summed E-state index contributed by atoms with van der Waals surface area (Å²) in [5, 5.41) is 12.9. The molecule has 1 amide bonds. The Bertz CT molecular complexity index is 997. The van der Waals surface area contributed by atoms with Crippen LogP contribution in [-0.2, 0) is 4.79 Å². The molecule has 1 aromatic carbocycles. The molecule has 2 heterocycles. The first-order valence-electron chi connectivity index (χ1n) is 12.6. The third-order valence-corrected chi connectivity index (χ3v) is 6.94. The summed E-state index contributed by atoms with van der Waals surface area (Å²) in [4.78, 5) is 28.3.